The lowest BCUT2D eigenvalue weighted by molar-refractivity contribution is -0.136. The fraction of sp³-hybridized carbons (Fsp3) is 0.417. The van der Waals surface area contributed by atoms with Crippen LogP contribution in [0.5, 0.6) is 5.75 Å². The van der Waals surface area contributed by atoms with Crippen molar-refractivity contribution in [2.75, 3.05) is 7.11 Å². The largest absolute Gasteiger partial charge is 0.493 e. The average Bonchev–Trinajstić information content (AvgIpc) is 2.24. The van der Waals surface area contributed by atoms with Crippen molar-refractivity contribution in [1.29, 1.82) is 0 Å². The summed E-state index contributed by atoms with van der Waals surface area (Å²) in [7, 11) is 1.20. The Morgan fingerprint density at radius 3 is 2.50 bits per heavy atom. The van der Waals surface area contributed by atoms with Crippen LogP contribution in [-0.4, -0.2) is 18.2 Å². The van der Waals surface area contributed by atoms with Crippen LogP contribution in [0.1, 0.15) is 24.5 Å². The first-order valence-corrected chi connectivity index (χ1v) is 5.22. The van der Waals surface area contributed by atoms with Crippen molar-refractivity contribution in [3.63, 3.8) is 0 Å². The molecule has 0 atom stereocenters. The molecule has 0 aliphatic heterocycles. The van der Waals surface area contributed by atoms with Gasteiger partial charge in [-0.05, 0) is 24.1 Å². The predicted octanol–water partition coefficient (Wildman–Crippen LogP) is 2.96. The molecule has 18 heavy (non-hydrogen) atoms. The van der Waals surface area contributed by atoms with Crippen molar-refractivity contribution in [2.24, 2.45) is 0 Å². The summed E-state index contributed by atoms with van der Waals surface area (Å²) < 4.78 is 44.6. The topological polar surface area (TPSA) is 46.5 Å². The SMILES string of the molecule is COc1c(F)cc(C(C)(F)F)cc1CCC(=O)O. The summed E-state index contributed by atoms with van der Waals surface area (Å²) in [6.45, 7) is 0.648. The smallest absolute Gasteiger partial charge is 0.303 e. The average molecular weight is 262 g/mol. The fourth-order valence-electron chi connectivity index (χ4n) is 1.56. The van der Waals surface area contributed by atoms with Crippen LogP contribution in [-0.2, 0) is 17.1 Å². The molecule has 0 saturated heterocycles. The third-order valence-corrected chi connectivity index (χ3v) is 2.44. The number of halogens is 3. The van der Waals surface area contributed by atoms with Crippen LogP contribution in [0.4, 0.5) is 13.2 Å². The van der Waals surface area contributed by atoms with E-state index < -0.39 is 23.3 Å². The maximum Gasteiger partial charge on any atom is 0.303 e. The van der Waals surface area contributed by atoms with Gasteiger partial charge in [0.25, 0.3) is 5.92 Å². The zero-order chi connectivity index (χ0) is 13.9. The molecule has 100 valence electrons. The minimum Gasteiger partial charge on any atom is -0.493 e. The third kappa shape index (κ3) is 3.38. The Morgan fingerprint density at radius 2 is 2.06 bits per heavy atom. The highest BCUT2D eigenvalue weighted by Crippen LogP contribution is 2.33. The van der Waals surface area contributed by atoms with Crippen molar-refractivity contribution in [3.05, 3.63) is 29.1 Å². The summed E-state index contributed by atoms with van der Waals surface area (Å²) in [4.78, 5) is 10.5. The monoisotopic (exact) mass is 262 g/mol. The number of hydrogen-bond donors (Lipinski definition) is 1. The van der Waals surface area contributed by atoms with Crippen molar-refractivity contribution in [1.82, 2.24) is 0 Å². The molecule has 0 heterocycles. The molecule has 0 unspecified atom stereocenters. The Morgan fingerprint density at radius 1 is 1.44 bits per heavy atom. The standard InChI is InChI=1S/C12H13F3O3/c1-12(14,15)8-5-7(3-4-10(16)17)11(18-2)9(13)6-8/h5-6H,3-4H2,1-2H3,(H,16,17). The number of methoxy groups -OCH3 is 1. The first kappa shape index (κ1) is 14.3. The number of carbonyl (C=O) groups is 1. The summed E-state index contributed by atoms with van der Waals surface area (Å²) in [5.74, 6) is -5.39. The van der Waals surface area contributed by atoms with E-state index in [1.165, 1.54) is 7.11 Å². The molecule has 0 amide bonds. The molecule has 0 saturated carbocycles. The fourth-order valence-corrected chi connectivity index (χ4v) is 1.56. The Labute approximate surface area is 102 Å². The van der Waals surface area contributed by atoms with Crippen LogP contribution in [0.25, 0.3) is 0 Å². The van der Waals surface area contributed by atoms with E-state index in [-0.39, 0.29) is 24.2 Å². The number of benzene rings is 1. The number of alkyl halides is 2. The Hall–Kier alpha value is -1.72. The molecule has 0 aromatic heterocycles. The second kappa shape index (κ2) is 5.29. The molecule has 0 aliphatic carbocycles. The van der Waals surface area contributed by atoms with Gasteiger partial charge in [0, 0.05) is 18.9 Å². The molecular weight excluding hydrogens is 249 g/mol. The van der Waals surface area contributed by atoms with E-state index in [0.29, 0.717) is 13.0 Å². The molecule has 0 radical (unpaired) electrons. The van der Waals surface area contributed by atoms with Gasteiger partial charge in [-0.3, -0.25) is 4.79 Å². The van der Waals surface area contributed by atoms with E-state index in [0.717, 1.165) is 6.07 Å². The molecule has 0 aliphatic rings. The van der Waals surface area contributed by atoms with E-state index >= 15 is 0 Å². The summed E-state index contributed by atoms with van der Waals surface area (Å²) in [5, 5.41) is 8.55. The van der Waals surface area contributed by atoms with Gasteiger partial charge in [-0.25, -0.2) is 13.2 Å². The molecular formula is C12H13F3O3. The van der Waals surface area contributed by atoms with E-state index in [1.807, 2.05) is 0 Å². The second-order valence-corrected chi connectivity index (χ2v) is 3.93. The lowest BCUT2D eigenvalue weighted by Crippen LogP contribution is -2.10. The van der Waals surface area contributed by atoms with Crippen LogP contribution in [0.2, 0.25) is 0 Å². The van der Waals surface area contributed by atoms with Gasteiger partial charge >= 0.3 is 5.97 Å². The predicted molar refractivity (Wildman–Crippen MR) is 58.5 cm³/mol. The van der Waals surface area contributed by atoms with E-state index in [4.69, 9.17) is 9.84 Å². The number of ether oxygens (including phenoxy) is 1. The lowest BCUT2D eigenvalue weighted by Gasteiger charge is -2.15. The molecule has 1 N–H and O–H groups in total. The van der Waals surface area contributed by atoms with E-state index in [1.54, 1.807) is 0 Å². The molecule has 1 aromatic rings. The number of carboxylic acids is 1. The minimum absolute atomic E-state index is 0.0701. The number of carboxylic acid groups (broad SMARTS) is 1. The molecule has 6 heteroatoms. The van der Waals surface area contributed by atoms with E-state index in [2.05, 4.69) is 0 Å². The minimum atomic E-state index is -3.19. The number of hydrogen-bond acceptors (Lipinski definition) is 2. The number of aliphatic carboxylic acids is 1. The van der Waals surface area contributed by atoms with Crippen molar-refractivity contribution in [2.45, 2.75) is 25.7 Å². The third-order valence-electron chi connectivity index (χ3n) is 2.44. The number of rotatable bonds is 5. The van der Waals surface area contributed by atoms with E-state index in [9.17, 15) is 18.0 Å². The first-order chi connectivity index (χ1) is 8.25. The van der Waals surface area contributed by atoms with Gasteiger partial charge in [-0.2, -0.15) is 0 Å². The summed E-state index contributed by atoms with van der Waals surface area (Å²) in [5.41, 5.74) is -0.377. The maximum atomic E-state index is 13.6. The first-order valence-electron chi connectivity index (χ1n) is 5.22. The van der Waals surface area contributed by atoms with Crippen LogP contribution in [0, 0.1) is 5.82 Å². The Bertz CT molecular complexity index is 453. The molecule has 3 nitrogen and oxygen atoms in total. The zero-order valence-corrected chi connectivity index (χ0v) is 9.97. The van der Waals surface area contributed by atoms with Gasteiger partial charge in [-0.15, -0.1) is 0 Å². The second-order valence-electron chi connectivity index (χ2n) is 3.93. The molecule has 0 bridgehead atoms. The van der Waals surface area contributed by atoms with Crippen LogP contribution in [0.3, 0.4) is 0 Å². The van der Waals surface area contributed by atoms with Gasteiger partial charge < -0.3 is 9.84 Å². The highest BCUT2D eigenvalue weighted by Gasteiger charge is 2.27. The van der Waals surface area contributed by atoms with Crippen LogP contribution >= 0.6 is 0 Å². The Balaban J connectivity index is 3.19. The summed E-state index contributed by atoms with van der Waals surface area (Å²) in [6, 6.07) is 1.77. The zero-order valence-electron chi connectivity index (χ0n) is 9.97. The quantitative estimate of drug-likeness (QED) is 0.887. The molecule has 0 fully saturated rings. The lowest BCUT2D eigenvalue weighted by atomic mass is 10.0. The van der Waals surface area contributed by atoms with Gasteiger partial charge in [0.05, 0.1) is 7.11 Å². The van der Waals surface area contributed by atoms with Crippen LogP contribution in [0.15, 0.2) is 12.1 Å². The normalized spacial score (nSPS) is 11.4. The van der Waals surface area contributed by atoms with Gasteiger partial charge in [0.2, 0.25) is 0 Å². The van der Waals surface area contributed by atoms with Crippen LogP contribution < -0.4 is 4.74 Å². The maximum absolute atomic E-state index is 13.6. The summed E-state index contributed by atoms with van der Waals surface area (Å²) in [6.07, 6.45) is -0.353. The molecule has 0 spiro atoms. The highest BCUT2D eigenvalue weighted by atomic mass is 19.3. The number of aryl methyl sites for hydroxylation is 1. The molecule has 1 aromatic carbocycles. The van der Waals surface area contributed by atoms with Crippen molar-refractivity contribution >= 4 is 5.97 Å². The van der Waals surface area contributed by atoms with Gasteiger partial charge in [-0.1, -0.05) is 0 Å². The van der Waals surface area contributed by atoms with Gasteiger partial charge in [0.1, 0.15) is 0 Å². The van der Waals surface area contributed by atoms with Gasteiger partial charge in [0.15, 0.2) is 11.6 Å². The van der Waals surface area contributed by atoms with Crippen molar-refractivity contribution < 1.29 is 27.8 Å². The highest BCUT2D eigenvalue weighted by molar-refractivity contribution is 5.67. The van der Waals surface area contributed by atoms with Crippen molar-refractivity contribution in [3.8, 4) is 5.75 Å². The molecule has 1 rings (SSSR count). The summed E-state index contributed by atoms with van der Waals surface area (Å²) >= 11 is 0. The Kier molecular flexibility index (Phi) is 4.21.